The quantitative estimate of drug-likeness (QED) is 0.0261. The SMILES string of the molecule is CCCCCCC/C=C/CCCCCCCC(=O)OC[C@H](COC(=O)CCCCCCCCCCCCCCCCCCCCC)OC(=O)CCCCCCCCCCCCCCCCCCCC. The summed E-state index contributed by atoms with van der Waals surface area (Å²) in [7, 11) is 0. The highest BCUT2D eigenvalue weighted by molar-refractivity contribution is 5.71. The van der Waals surface area contributed by atoms with Crippen LogP contribution in [0.1, 0.15) is 355 Å². The minimum Gasteiger partial charge on any atom is -0.462 e. The van der Waals surface area contributed by atoms with Crippen molar-refractivity contribution in [1.82, 2.24) is 0 Å². The Bertz CT molecular complexity index is 1070. The van der Waals surface area contributed by atoms with Crippen LogP contribution in [0.4, 0.5) is 0 Å². The van der Waals surface area contributed by atoms with Gasteiger partial charge in [-0.1, -0.05) is 303 Å². The van der Waals surface area contributed by atoms with E-state index in [9.17, 15) is 14.4 Å². The molecular weight excluding hydrogens is 853 g/mol. The third-order valence-corrected chi connectivity index (χ3v) is 14.3. The highest BCUT2D eigenvalue weighted by Gasteiger charge is 2.19. The summed E-state index contributed by atoms with van der Waals surface area (Å²) in [5, 5.41) is 0. The molecule has 0 unspecified atom stereocenters. The van der Waals surface area contributed by atoms with Gasteiger partial charge in [0.2, 0.25) is 0 Å². The molecule has 0 bridgehead atoms. The molecule has 0 amide bonds. The zero-order valence-electron chi connectivity index (χ0n) is 46.9. The molecule has 69 heavy (non-hydrogen) atoms. The molecule has 1 atom stereocenters. The van der Waals surface area contributed by atoms with Crippen molar-refractivity contribution in [2.75, 3.05) is 13.2 Å². The number of rotatable bonds is 58. The third-order valence-electron chi connectivity index (χ3n) is 14.3. The lowest BCUT2D eigenvalue weighted by molar-refractivity contribution is -0.167. The Kier molecular flexibility index (Phi) is 57.1. The molecule has 408 valence electrons. The van der Waals surface area contributed by atoms with E-state index in [1.54, 1.807) is 0 Å². The maximum atomic E-state index is 12.9. The van der Waals surface area contributed by atoms with E-state index in [1.165, 1.54) is 250 Å². The molecule has 0 aliphatic heterocycles. The number of unbranched alkanes of at least 4 members (excludes halogenated alkanes) is 45. The van der Waals surface area contributed by atoms with Crippen molar-refractivity contribution in [3.63, 3.8) is 0 Å². The molecule has 0 fully saturated rings. The second-order valence-electron chi connectivity index (χ2n) is 21.3. The van der Waals surface area contributed by atoms with Gasteiger partial charge in [-0.05, 0) is 44.9 Å². The number of hydrogen-bond donors (Lipinski definition) is 0. The topological polar surface area (TPSA) is 78.9 Å². The van der Waals surface area contributed by atoms with E-state index in [1.807, 2.05) is 0 Å². The van der Waals surface area contributed by atoms with E-state index in [4.69, 9.17) is 14.2 Å². The molecular formula is C63H120O6. The van der Waals surface area contributed by atoms with Gasteiger partial charge in [0.05, 0.1) is 0 Å². The maximum absolute atomic E-state index is 12.9. The Morgan fingerprint density at radius 3 is 0.725 bits per heavy atom. The van der Waals surface area contributed by atoms with Crippen LogP contribution in [0.3, 0.4) is 0 Å². The number of hydrogen-bond acceptors (Lipinski definition) is 6. The van der Waals surface area contributed by atoms with Gasteiger partial charge >= 0.3 is 17.9 Å². The van der Waals surface area contributed by atoms with Crippen molar-refractivity contribution < 1.29 is 28.6 Å². The van der Waals surface area contributed by atoms with Gasteiger partial charge in [-0.25, -0.2) is 0 Å². The van der Waals surface area contributed by atoms with Crippen LogP contribution in [-0.2, 0) is 28.6 Å². The van der Waals surface area contributed by atoms with Gasteiger partial charge in [0.1, 0.15) is 13.2 Å². The Balaban J connectivity index is 4.29. The minimum absolute atomic E-state index is 0.0661. The van der Waals surface area contributed by atoms with Crippen molar-refractivity contribution in [1.29, 1.82) is 0 Å². The molecule has 0 rings (SSSR count). The van der Waals surface area contributed by atoms with Crippen molar-refractivity contribution in [2.24, 2.45) is 0 Å². The first-order chi connectivity index (χ1) is 34.0. The first-order valence-electron chi connectivity index (χ1n) is 31.2. The van der Waals surface area contributed by atoms with Gasteiger partial charge in [0.15, 0.2) is 6.10 Å². The molecule has 0 saturated carbocycles. The molecule has 0 N–H and O–H groups in total. The minimum atomic E-state index is -0.768. The van der Waals surface area contributed by atoms with Gasteiger partial charge < -0.3 is 14.2 Å². The molecule has 0 heterocycles. The molecule has 0 saturated heterocycles. The average molecular weight is 974 g/mol. The van der Waals surface area contributed by atoms with Crippen LogP contribution in [-0.4, -0.2) is 37.2 Å². The molecule has 0 aliphatic carbocycles. The van der Waals surface area contributed by atoms with Gasteiger partial charge in [0.25, 0.3) is 0 Å². The van der Waals surface area contributed by atoms with Gasteiger partial charge in [-0.2, -0.15) is 0 Å². The first kappa shape index (κ1) is 67.1. The van der Waals surface area contributed by atoms with Crippen molar-refractivity contribution in [3.8, 4) is 0 Å². The van der Waals surface area contributed by atoms with Crippen LogP contribution in [0.15, 0.2) is 12.2 Å². The third kappa shape index (κ3) is 56.9. The molecule has 6 nitrogen and oxygen atoms in total. The van der Waals surface area contributed by atoms with E-state index < -0.39 is 6.10 Å². The number of ether oxygens (including phenoxy) is 3. The van der Waals surface area contributed by atoms with E-state index in [2.05, 4.69) is 32.9 Å². The van der Waals surface area contributed by atoms with Crippen LogP contribution in [0.2, 0.25) is 0 Å². The van der Waals surface area contributed by atoms with Gasteiger partial charge in [-0.15, -0.1) is 0 Å². The van der Waals surface area contributed by atoms with Crippen LogP contribution < -0.4 is 0 Å². The van der Waals surface area contributed by atoms with Crippen LogP contribution in [0.5, 0.6) is 0 Å². The first-order valence-corrected chi connectivity index (χ1v) is 31.2. The predicted octanol–water partition coefficient (Wildman–Crippen LogP) is 20.9. The second-order valence-corrected chi connectivity index (χ2v) is 21.3. The fraction of sp³-hybridized carbons (Fsp3) is 0.921. The summed E-state index contributed by atoms with van der Waals surface area (Å²) in [6.45, 7) is 6.70. The van der Waals surface area contributed by atoms with Gasteiger partial charge in [-0.3, -0.25) is 14.4 Å². The molecule has 0 aromatic carbocycles. The van der Waals surface area contributed by atoms with Crippen LogP contribution in [0.25, 0.3) is 0 Å². The molecule has 0 aliphatic rings. The highest BCUT2D eigenvalue weighted by Crippen LogP contribution is 2.18. The smallest absolute Gasteiger partial charge is 0.306 e. The van der Waals surface area contributed by atoms with E-state index in [0.717, 1.165) is 64.2 Å². The standard InChI is InChI=1S/C63H120O6/c1-4-7-10-13-16-19-22-25-28-30-32-34-35-38-41-44-47-50-53-56-62(65)68-59-60(58-67-61(64)55-52-49-46-43-40-37-27-24-21-18-15-12-9-6-3)69-63(66)57-54-51-48-45-42-39-36-33-31-29-26-23-20-17-14-11-8-5-2/h24,27,60H,4-23,25-26,28-59H2,1-3H3/b27-24+/t60-/m1/s1. The Labute approximate surface area is 431 Å². The molecule has 0 aromatic rings. The lowest BCUT2D eigenvalue weighted by atomic mass is 10.0. The molecule has 6 heteroatoms. The lowest BCUT2D eigenvalue weighted by Crippen LogP contribution is -2.30. The highest BCUT2D eigenvalue weighted by atomic mass is 16.6. The summed E-state index contributed by atoms with van der Waals surface area (Å²) < 4.78 is 16.9. The summed E-state index contributed by atoms with van der Waals surface area (Å²) in [5.74, 6) is -0.846. The van der Waals surface area contributed by atoms with Crippen molar-refractivity contribution in [2.45, 2.75) is 361 Å². The summed E-state index contributed by atoms with van der Waals surface area (Å²) >= 11 is 0. The lowest BCUT2D eigenvalue weighted by Gasteiger charge is -2.18. The molecule has 0 spiro atoms. The monoisotopic (exact) mass is 973 g/mol. The number of carbonyl (C=O) groups excluding carboxylic acids is 3. The summed E-state index contributed by atoms with van der Waals surface area (Å²) in [6.07, 6.45) is 67.8. The number of carbonyl (C=O) groups is 3. The molecule has 0 radical (unpaired) electrons. The number of esters is 3. The average Bonchev–Trinajstić information content (AvgIpc) is 3.35. The molecule has 0 aromatic heterocycles. The van der Waals surface area contributed by atoms with Crippen molar-refractivity contribution >= 4 is 17.9 Å². The van der Waals surface area contributed by atoms with E-state index in [-0.39, 0.29) is 31.1 Å². The van der Waals surface area contributed by atoms with E-state index >= 15 is 0 Å². The second kappa shape index (κ2) is 58.7. The zero-order chi connectivity index (χ0) is 50.0. The van der Waals surface area contributed by atoms with Crippen LogP contribution in [0, 0.1) is 0 Å². The summed E-state index contributed by atoms with van der Waals surface area (Å²) in [5.41, 5.74) is 0. The fourth-order valence-corrected chi connectivity index (χ4v) is 9.56. The fourth-order valence-electron chi connectivity index (χ4n) is 9.56. The summed E-state index contributed by atoms with van der Waals surface area (Å²) in [6, 6.07) is 0. The van der Waals surface area contributed by atoms with Crippen molar-refractivity contribution in [3.05, 3.63) is 12.2 Å². The van der Waals surface area contributed by atoms with Crippen LogP contribution >= 0.6 is 0 Å². The largest absolute Gasteiger partial charge is 0.462 e. The number of allylic oxidation sites excluding steroid dienone is 2. The van der Waals surface area contributed by atoms with E-state index in [0.29, 0.717) is 19.3 Å². The summed E-state index contributed by atoms with van der Waals surface area (Å²) in [4.78, 5) is 38.2. The Morgan fingerprint density at radius 2 is 0.478 bits per heavy atom. The Morgan fingerprint density at radius 1 is 0.275 bits per heavy atom. The normalized spacial score (nSPS) is 12.0. The zero-order valence-corrected chi connectivity index (χ0v) is 46.9. The predicted molar refractivity (Wildman–Crippen MR) is 298 cm³/mol. The Hall–Kier alpha value is -1.85. The maximum Gasteiger partial charge on any atom is 0.306 e. The van der Waals surface area contributed by atoms with Gasteiger partial charge in [0, 0.05) is 19.3 Å².